The van der Waals surface area contributed by atoms with Crippen molar-refractivity contribution in [1.82, 2.24) is 4.98 Å². The summed E-state index contributed by atoms with van der Waals surface area (Å²) in [5, 5.41) is 0.513. The van der Waals surface area contributed by atoms with Gasteiger partial charge in [0.25, 0.3) is 0 Å². The number of ketones is 1. The maximum atomic E-state index is 11.7. The summed E-state index contributed by atoms with van der Waals surface area (Å²) >= 11 is 7.34. The molecule has 2 nitrogen and oxygen atoms in total. The number of thiazole rings is 1. The lowest BCUT2D eigenvalue weighted by Crippen LogP contribution is -1.88. The molecule has 0 aliphatic carbocycles. The highest BCUT2D eigenvalue weighted by molar-refractivity contribution is 7.11. The van der Waals surface area contributed by atoms with Gasteiger partial charge in [-0.25, -0.2) is 0 Å². The molecule has 1 aromatic heterocycles. The summed E-state index contributed by atoms with van der Waals surface area (Å²) in [6.07, 6.45) is 6.40. The van der Waals surface area contributed by atoms with Crippen LogP contribution in [0, 0.1) is 0 Å². The summed E-state index contributed by atoms with van der Waals surface area (Å²) in [4.78, 5) is 16.1. The molecule has 0 radical (unpaired) electrons. The second-order valence-corrected chi connectivity index (χ2v) is 4.83. The topological polar surface area (TPSA) is 30.0 Å². The summed E-state index contributed by atoms with van der Waals surface area (Å²) < 4.78 is 0. The fourth-order valence-corrected chi connectivity index (χ4v) is 2.06. The third-order valence-electron chi connectivity index (χ3n) is 2.17. The molecule has 0 bridgehead atoms. The lowest BCUT2D eigenvalue weighted by atomic mass is 10.2. The van der Waals surface area contributed by atoms with Crippen molar-refractivity contribution in [2.24, 2.45) is 0 Å². The first kappa shape index (κ1) is 12.7. The number of halogens is 1. The van der Waals surface area contributed by atoms with Crippen LogP contribution in [0.5, 0.6) is 0 Å². The number of nitrogens with zero attached hydrogens (tertiary/aromatic N) is 1. The normalized spacial score (nSPS) is 11.9. The Hall–Kier alpha value is -1.71. The average Bonchev–Trinajstić information content (AvgIpc) is 2.91. The molecule has 0 saturated carbocycles. The number of hydrogen-bond acceptors (Lipinski definition) is 3. The number of aromatic nitrogens is 1. The zero-order valence-electron chi connectivity index (χ0n) is 9.42. The molecule has 0 aliphatic rings. The number of rotatable bonds is 4. The van der Waals surface area contributed by atoms with Crippen LogP contribution < -0.4 is 0 Å². The molecule has 0 N–H and O–H groups in total. The number of benzene rings is 1. The molecule has 0 amide bonds. The lowest BCUT2D eigenvalue weighted by molar-refractivity contribution is 0.105. The molecule has 1 heterocycles. The van der Waals surface area contributed by atoms with E-state index >= 15 is 0 Å². The number of carbonyl (C=O) groups excluding carboxylic acids is 1. The van der Waals surface area contributed by atoms with E-state index in [4.69, 9.17) is 11.6 Å². The van der Waals surface area contributed by atoms with E-state index < -0.39 is 0 Å². The highest BCUT2D eigenvalue weighted by Gasteiger charge is 2.02. The van der Waals surface area contributed by atoms with Crippen LogP contribution in [0.25, 0.3) is 6.08 Å². The predicted molar refractivity (Wildman–Crippen MR) is 75.9 cm³/mol. The van der Waals surface area contributed by atoms with Crippen molar-refractivity contribution in [3.05, 3.63) is 69.7 Å². The Morgan fingerprint density at radius 1 is 1.22 bits per heavy atom. The van der Waals surface area contributed by atoms with Gasteiger partial charge in [0.1, 0.15) is 0 Å². The minimum atomic E-state index is -0.0860. The average molecular weight is 276 g/mol. The van der Waals surface area contributed by atoms with Crippen molar-refractivity contribution in [3.63, 3.8) is 0 Å². The Morgan fingerprint density at radius 3 is 2.67 bits per heavy atom. The van der Waals surface area contributed by atoms with Crippen LogP contribution in [0.2, 0.25) is 0 Å². The Labute approximate surface area is 114 Å². The standard InChI is InChI=1S/C14H10ClNOS/c15-12(8-11-4-2-1-3-5-11)6-7-13(17)14-9-16-10-18-14/h1-10H/b7-6+,12-8+. The molecule has 4 heteroatoms. The van der Waals surface area contributed by atoms with Crippen LogP contribution in [0.3, 0.4) is 0 Å². The minimum absolute atomic E-state index is 0.0860. The van der Waals surface area contributed by atoms with E-state index in [1.54, 1.807) is 23.9 Å². The van der Waals surface area contributed by atoms with Crippen LogP contribution >= 0.6 is 22.9 Å². The van der Waals surface area contributed by atoms with Gasteiger partial charge in [-0.15, -0.1) is 11.3 Å². The Morgan fingerprint density at radius 2 is 2.00 bits per heavy atom. The van der Waals surface area contributed by atoms with Gasteiger partial charge in [0, 0.05) is 11.2 Å². The minimum Gasteiger partial charge on any atom is -0.288 e. The summed E-state index contributed by atoms with van der Waals surface area (Å²) in [7, 11) is 0. The second-order valence-electron chi connectivity index (χ2n) is 3.50. The molecular formula is C14H10ClNOS. The fraction of sp³-hybridized carbons (Fsp3) is 0. The number of hydrogen-bond donors (Lipinski definition) is 0. The van der Waals surface area contributed by atoms with Crippen molar-refractivity contribution in [2.45, 2.75) is 0 Å². The third-order valence-corrected chi connectivity index (χ3v) is 3.20. The van der Waals surface area contributed by atoms with Crippen LogP contribution in [0.1, 0.15) is 15.2 Å². The number of allylic oxidation sites excluding steroid dienone is 3. The zero-order valence-corrected chi connectivity index (χ0v) is 11.0. The van der Waals surface area contributed by atoms with E-state index in [1.165, 1.54) is 17.4 Å². The van der Waals surface area contributed by atoms with Crippen molar-refractivity contribution < 1.29 is 4.79 Å². The molecule has 1 aromatic carbocycles. The summed E-state index contributed by atoms with van der Waals surface area (Å²) in [6.45, 7) is 0. The molecular weight excluding hydrogens is 266 g/mol. The largest absolute Gasteiger partial charge is 0.288 e. The van der Waals surface area contributed by atoms with E-state index in [0.29, 0.717) is 9.91 Å². The van der Waals surface area contributed by atoms with Gasteiger partial charge >= 0.3 is 0 Å². The second kappa shape index (κ2) is 6.28. The smallest absolute Gasteiger partial charge is 0.197 e. The van der Waals surface area contributed by atoms with Gasteiger partial charge in [-0.2, -0.15) is 0 Å². The molecule has 2 rings (SSSR count). The Kier molecular flexibility index (Phi) is 4.45. The third kappa shape index (κ3) is 3.65. The predicted octanol–water partition coefficient (Wildman–Crippen LogP) is 4.16. The van der Waals surface area contributed by atoms with E-state index in [2.05, 4.69) is 4.98 Å². The molecule has 0 aliphatic heterocycles. The Balaban J connectivity index is 2.05. The molecule has 0 saturated heterocycles. The summed E-state index contributed by atoms with van der Waals surface area (Å²) in [6, 6.07) is 9.70. The molecule has 0 spiro atoms. The molecule has 0 fully saturated rings. The van der Waals surface area contributed by atoms with Gasteiger partial charge in [0.05, 0.1) is 10.4 Å². The first-order valence-corrected chi connectivity index (χ1v) is 6.54. The van der Waals surface area contributed by atoms with Gasteiger partial charge in [-0.05, 0) is 23.8 Å². The van der Waals surface area contributed by atoms with Gasteiger partial charge in [0.2, 0.25) is 0 Å². The Bertz CT molecular complexity index is 573. The van der Waals surface area contributed by atoms with Crippen molar-refractivity contribution >= 4 is 34.8 Å². The van der Waals surface area contributed by atoms with Crippen molar-refractivity contribution in [1.29, 1.82) is 0 Å². The van der Waals surface area contributed by atoms with E-state index in [0.717, 1.165) is 5.56 Å². The quantitative estimate of drug-likeness (QED) is 0.476. The van der Waals surface area contributed by atoms with Gasteiger partial charge in [0.15, 0.2) is 5.78 Å². The van der Waals surface area contributed by atoms with Gasteiger partial charge in [-0.3, -0.25) is 9.78 Å². The molecule has 90 valence electrons. The molecule has 18 heavy (non-hydrogen) atoms. The van der Waals surface area contributed by atoms with Crippen molar-refractivity contribution in [3.8, 4) is 0 Å². The fourth-order valence-electron chi connectivity index (χ4n) is 1.33. The SMILES string of the molecule is O=C(/C=C/C(Cl)=C\c1ccccc1)c1cncs1. The van der Waals surface area contributed by atoms with Gasteiger partial charge in [-0.1, -0.05) is 41.9 Å². The first-order valence-electron chi connectivity index (χ1n) is 5.29. The van der Waals surface area contributed by atoms with Crippen LogP contribution in [0.4, 0.5) is 0 Å². The highest BCUT2D eigenvalue weighted by atomic mass is 35.5. The van der Waals surface area contributed by atoms with Crippen LogP contribution in [-0.2, 0) is 0 Å². The van der Waals surface area contributed by atoms with Crippen LogP contribution in [0.15, 0.2) is 59.2 Å². The maximum absolute atomic E-state index is 11.7. The van der Waals surface area contributed by atoms with Crippen LogP contribution in [-0.4, -0.2) is 10.8 Å². The monoisotopic (exact) mass is 275 g/mol. The first-order chi connectivity index (χ1) is 8.75. The van der Waals surface area contributed by atoms with Crippen molar-refractivity contribution in [2.75, 3.05) is 0 Å². The highest BCUT2D eigenvalue weighted by Crippen LogP contribution is 2.13. The summed E-state index contributed by atoms with van der Waals surface area (Å²) in [5.41, 5.74) is 2.63. The summed E-state index contributed by atoms with van der Waals surface area (Å²) in [5.74, 6) is -0.0860. The number of carbonyl (C=O) groups is 1. The molecule has 0 atom stereocenters. The van der Waals surface area contributed by atoms with E-state index in [9.17, 15) is 4.79 Å². The molecule has 0 unspecified atom stereocenters. The van der Waals surface area contributed by atoms with Gasteiger partial charge < -0.3 is 0 Å². The lowest BCUT2D eigenvalue weighted by Gasteiger charge is -1.93. The zero-order chi connectivity index (χ0) is 12.8. The molecule has 2 aromatic rings. The maximum Gasteiger partial charge on any atom is 0.197 e. The van der Waals surface area contributed by atoms with E-state index in [-0.39, 0.29) is 5.78 Å². The van der Waals surface area contributed by atoms with E-state index in [1.807, 2.05) is 30.3 Å².